The average molecular weight is 236 g/mol. The molecular weight excluding hydrogens is 220 g/mol. The minimum absolute atomic E-state index is 0.0216. The van der Waals surface area contributed by atoms with Crippen molar-refractivity contribution in [3.05, 3.63) is 0 Å². The summed E-state index contributed by atoms with van der Waals surface area (Å²) in [6.07, 6.45) is 0.620. The number of sulfone groups is 1. The molecule has 0 aromatic rings. The summed E-state index contributed by atoms with van der Waals surface area (Å²) in [6.45, 7) is 5.56. The maximum absolute atomic E-state index is 11.6. The van der Waals surface area contributed by atoms with E-state index in [1.807, 2.05) is 20.8 Å². The third kappa shape index (κ3) is 3.28. The molecule has 1 aliphatic heterocycles. The van der Waals surface area contributed by atoms with Crippen molar-refractivity contribution in [3.63, 3.8) is 0 Å². The third-order valence-corrected chi connectivity index (χ3v) is 5.62. The minimum atomic E-state index is -2.86. The van der Waals surface area contributed by atoms with Crippen LogP contribution in [0.4, 0.5) is 0 Å². The van der Waals surface area contributed by atoms with Gasteiger partial charge in [-0.25, -0.2) is 8.42 Å². The van der Waals surface area contributed by atoms with E-state index < -0.39 is 9.84 Å². The summed E-state index contributed by atoms with van der Waals surface area (Å²) < 4.78 is 22.3. The van der Waals surface area contributed by atoms with Crippen LogP contribution in [0.3, 0.4) is 0 Å². The number of carbonyl (C=O) groups excluding carboxylic acids is 1. The van der Waals surface area contributed by atoms with Crippen molar-refractivity contribution in [1.82, 2.24) is 0 Å². The van der Waals surface area contributed by atoms with E-state index in [0.717, 1.165) is 0 Å². The Morgan fingerprint density at radius 3 is 2.29 bits per heavy atom. The SMILES string of the molecule is CC(C)(C)C(=O)SC1CCS(=O)(=O)C1. The van der Waals surface area contributed by atoms with E-state index in [2.05, 4.69) is 0 Å². The molecule has 0 N–H and O–H groups in total. The predicted octanol–water partition coefficient (Wildman–Crippen LogP) is 1.48. The fourth-order valence-corrected chi connectivity index (χ4v) is 4.66. The molecule has 0 saturated carbocycles. The fourth-order valence-electron chi connectivity index (χ4n) is 1.18. The Morgan fingerprint density at radius 1 is 1.36 bits per heavy atom. The number of hydrogen-bond acceptors (Lipinski definition) is 4. The van der Waals surface area contributed by atoms with Gasteiger partial charge < -0.3 is 0 Å². The Morgan fingerprint density at radius 2 is 1.93 bits per heavy atom. The summed E-state index contributed by atoms with van der Waals surface area (Å²) in [5.74, 6) is 0.404. The molecule has 0 spiro atoms. The Balaban J connectivity index is 2.53. The minimum Gasteiger partial charge on any atom is -0.287 e. The van der Waals surface area contributed by atoms with Crippen molar-refractivity contribution >= 4 is 26.7 Å². The lowest BCUT2D eigenvalue weighted by atomic mass is 10.00. The van der Waals surface area contributed by atoms with Crippen LogP contribution in [0.25, 0.3) is 0 Å². The van der Waals surface area contributed by atoms with Crippen molar-refractivity contribution < 1.29 is 13.2 Å². The topological polar surface area (TPSA) is 51.2 Å². The maximum atomic E-state index is 11.6. The van der Waals surface area contributed by atoms with Gasteiger partial charge in [-0.3, -0.25) is 4.79 Å². The third-order valence-electron chi connectivity index (χ3n) is 2.08. The number of hydrogen-bond donors (Lipinski definition) is 0. The van der Waals surface area contributed by atoms with Crippen LogP contribution in [0.5, 0.6) is 0 Å². The van der Waals surface area contributed by atoms with Gasteiger partial charge in [-0.05, 0) is 6.42 Å². The standard InChI is InChI=1S/C9H16O3S2/c1-9(2,3)8(10)13-7-4-5-14(11,12)6-7/h7H,4-6H2,1-3H3. The maximum Gasteiger partial charge on any atom is 0.194 e. The highest BCUT2D eigenvalue weighted by Crippen LogP contribution is 2.31. The molecule has 0 radical (unpaired) electrons. The second-order valence-corrected chi connectivity index (χ2v) is 8.18. The molecule has 0 aliphatic carbocycles. The first kappa shape index (κ1) is 12.0. The molecule has 0 aromatic heterocycles. The largest absolute Gasteiger partial charge is 0.287 e. The van der Waals surface area contributed by atoms with Crippen molar-refractivity contribution in [1.29, 1.82) is 0 Å². The monoisotopic (exact) mass is 236 g/mol. The molecule has 0 aromatic carbocycles. The molecule has 1 fully saturated rings. The Hall–Kier alpha value is -0.0300. The molecule has 0 amide bonds. The van der Waals surface area contributed by atoms with Gasteiger partial charge in [0.1, 0.15) is 0 Å². The summed E-state index contributed by atoms with van der Waals surface area (Å²) in [7, 11) is -2.86. The van der Waals surface area contributed by atoms with Gasteiger partial charge in [-0.1, -0.05) is 32.5 Å². The normalized spacial score (nSPS) is 26.4. The van der Waals surface area contributed by atoms with Gasteiger partial charge in [-0.15, -0.1) is 0 Å². The Bertz CT molecular complexity index is 324. The lowest BCUT2D eigenvalue weighted by Gasteiger charge is -2.17. The van der Waals surface area contributed by atoms with Crippen LogP contribution in [0.1, 0.15) is 27.2 Å². The molecule has 1 aliphatic rings. The van der Waals surface area contributed by atoms with Gasteiger partial charge >= 0.3 is 0 Å². The van der Waals surface area contributed by atoms with Crippen molar-refractivity contribution in [3.8, 4) is 0 Å². The lowest BCUT2D eigenvalue weighted by molar-refractivity contribution is -0.117. The van der Waals surface area contributed by atoms with E-state index in [-0.39, 0.29) is 27.3 Å². The van der Waals surface area contributed by atoms with Crippen molar-refractivity contribution in [2.45, 2.75) is 32.4 Å². The highest BCUT2D eigenvalue weighted by molar-refractivity contribution is 8.15. The molecule has 82 valence electrons. The summed E-state index contributed by atoms with van der Waals surface area (Å²) in [4.78, 5) is 11.6. The lowest BCUT2D eigenvalue weighted by Crippen LogP contribution is -2.20. The summed E-state index contributed by atoms with van der Waals surface area (Å²) >= 11 is 1.20. The summed E-state index contributed by atoms with van der Waals surface area (Å²) in [6, 6.07) is 0. The van der Waals surface area contributed by atoms with E-state index in [1.165, 1.54) is 11.8 Å². The van der Waals surface area contributed by atoms with Crippen LogP contribution < -0.4 is 0 Å². The number of thioether (sulfide) groups is 1. The first-order valence-corrected chi connectivity index (χ1v) is 7.32. The van der Waals surface area contributed by atoms with Crippen LogP contribution in [0, 0.1) is 5.41 Å². The molecular formula is C9H16O3S2. The second kappa shape index (κ2) is 3.85. The highest BCUT2D eigenvalue weighted by Gasteiger charge is 2.33. The number of rotatable bonds is 1. The van der Waals surface area contributed by atoms with Gasteiger partial charge in [0.25, 0.3) is 0 Å². The second-order valence-electron chi connectivity index (χ2n) is 4.68. The van der Waals surface area contributed by atoms with E-state index in [1.54, 1.807) is 0 Å². The molecule has 5 heteroatoms. The van der Waals surface area contributed by atoms with Crippen LogP contribution in [-0.4, -0.2) is 30.3 Å². The van der Waals surface area contributed by atoms with Crippen molar-refractivity contribution in [2.24, 2.45) is 5.41 Å². The van der Waals surface area contributed by atoms with Gasteiger partial charge in [0, 0.05) is 10.7 Å². The molecule has 1 rings (SSSR count). The Kier molecular flexibility index (Phi) is 3.31. The Labute approximate surface area is 89.6 Å². The highest BCUT2D eigenvalue weighted by atomic mass is 32.2. The number of carbonyl (C=O) groups is 1. The smallest absolute Gasteiger partial charge is 0.194 e. The van der Waals surface area contributed by atoms with E-state index in [0.29, 0.717) is 6.42 Å². The fraction of sp³-hybridized carbons (Fsp3) is 0.889. The summed E-state index contributed by atoms with van der Waals surface area (Å²) in [5.41, 5.74) is -0.378. The molecule has 14 heavy (non-hydrogen) atoms. The molecule has 1 atom stereocenters. The van der Waals surface area contributed by atoms with Gasteiger partial charge in [0.05, 0.1) is 11.5 Å². The first-order valence-electron chi connectivity index (χ1n) is 4.62. The van der Waals surface area contributed by atoms with Crippen LogP contribution in [0.15, 0.2) is 0 Å². The van der Waals surface area contributed by atoms with Gasteiger partial charge in [-0.2, -0.15) is 0 Å². The van der Waals surface area contributed by atoms with Gasteiger partial charge in [0.2, 0.25) is 0 Å². The van der Waals surface area contributed by atoms with E-state index >= 15 is 0 Å². The zero-order chi connectivity index (χ0) is 11.0. The zero-order valence-electron chi connectivity index (χ0n) is 8.74. The average Bonchev–Trinajstić information content (AvgIpc) is 2.28. The molecule has 1 heterocycles. The zero-order valence-corrected chi connectivity index (χ0v) is 10.4. The van der Waals surface area contributed by atoms with E-state index in [9.17, 15) is 13.2 Å². The molecule has 1 unspecified atom stereocenters. The summed E-state index contributed by atoms with van der Waals surface area (Å²) in [5, 5.41) is 0.0614. The quantitative estimate of drug-likeness (QED) is 0.692. The van der Waals surface area contributed by atoms with E-state index in [4.69, 9.17) is 0 Å². The van der Waals surface area contributed by atoms with Gasteiger partial charge in [0.15, 0.2) is 15.0 Å². The molecule has 0 bridgehead atoms. The molecule has 1 saturated heterocycles. The first-order chi connectivity index (χ1) is 6.21. The van der Waals surface area contributed by atoms with Crippen LogP contribution in [-0.2, 0) is 14.6 Å². The van der Waals surface area contributed by atoms with Crippen LogP contribution in [0.2, 0.25) is 0 Å². The predicted molar refractivity (Wildman–Crippen MR) is 59.1 cm³/mol. The molecule has 3 nitrogen and oxygen atoms in total. The van der Waals surface area contributed by atoms with Crippen LogP contribution >= 0.6 is 11.8 Å². The van der Waals surface area contributed by atoms with Crippen molar-refractivity contribution in [2.75, 3.05) is 11.5 Å².